The van der Waals surface area contributed by atoms with Crippen LogP contribution in [0.25, 0.3) is 0 Å². The summed E-state index contributed by atoms with van der Waals surface area (Å²) < 4.78 is 3.79. The van der Waals surface area contributed by atoms with Crippen molar-refractivity contribution in [1.29, 1.82) is 0 Å². The second-order valence-corrected chi connectivity index (χ2v) is 9.88. The summed E-state index contributed by atoms with van der Waals surface area (Å²) in [5.41, 5.74) is 4.62. The summed E-state index contributed by atoms with van der Waals surface area (Å²) in [6, 6.07) is 4.17. The summed E-state index contributed by atoms with van der Waals surface area (Å²) in [5, 5.41) is 11.8. The summed E-state index contributed by atoms with van der Waals surface area (Å²) in [6.07, 6.45) is 3.52. The number of hydrogen-bond donors (Lipinski definition) is 1. The molecule has 9 nitrogen and oxygen atoms in total. The number of carboxylic acids is 1. The number of aliphatic carboxylic acids is 1. The number of amides is 1. The maximum Gasteiger partial charge on any atom is 0.300 e. The molecule has 2 bridgehead atoms. The molecule has 5 heterocycles. The van der Waals surface area contributed by atoms with Crippen molar-refractivity contribution in [2.75, 3.05) is 26.2 Å². The molecule has 0 aliphatic carbocycles. The summed E-state index contributed by atoms with van der Waals surface area (Å²) in [6.45, 7) is 10.00. The van der Waals surface area contributed by atoms with E-state index >= 15 is 0 Å². The van der Waals surface area contributed by atoms with E-state index in [0.29, 0.717) is 25.6 Å². The molecule has 0 radical (unpaired) electrons. The number of nitrogens with zero attached hydrogens (tertiary/aromatic N) is 5. The van der Waals surface area contributed by atoms with E-state index in [1.165, 1.54) is 12.8 Å². The third kappa shape index (κ3) is 4.80. The molecule has 1 amide bonds. The Kier molecular flexibility index (Phi) is 6.93. The van der Waals surface area contributed by atoms with Crippen LogP contribution in [0, 0.1) is 19.8 Å². The Bertz CT molecular complexity index is 1140. The number of carbonyl (C=O) groups excluding carboxylic acids is 1. The number of carboxylic acid groups (broad SMARTS) is 1. The second-order valence-electron chi connectivity index (χ2n) is 9.88. The third-order valence-electron chi connectivity index (χ3n) is 7.29. The van der Waals surface area contributed by atoms with Crippen LogP contribution in [0.1, 0.15) is 65.1 Å². The quantitative estimate of drug-likeness (QED) is 0.739. The normalized spacial score (nSPS) is 21.6. The highest BCUT2D eigenvalue weighted by Crippen LogP contribution is 2.36. The second kappa shape index (κ2) is 9.74. The Morgan fingerprint density at radius 1 is 1.12 bits per heavy atom. The standard InChI is InChI=1S/C23H31N5O2.C2H4O2/c1-15-21(16(2)25(3)24-15)23(30)27-11-17-10-19(14-27)20-7-6-18(22(29)28(20)12-17)13-26-8-4-5-9-26;1-2(3)4/h6-7,17,19H,4-5,8-14H2,1-3H3;1H3,(H,3,4)/t17-,19+;/m0./s1. The van der Waals surface area contributed by atoms with Crippen LogP contribution in [0.3, 0.4) is 0 Å². The van der Waals surface area contributed by atoms with Crippen molar-refractivity contribution in [3.05, 3.63) is 50.7 Å². The number of likely N-dealkylation sites (tertiary alicyclic amines) is 2. The predicted molar refractivity (Wildman–Crippen MR) is 128 cm³/mol. The van der Waals surface area contributed by atoms with Gasteiger partial charge < -0.3 is 14.6 Å². The SMILES string of the molecule is CC(=O)O.Cc1nn(C)c(C)c1C(=O)N1C[C@@H]2C[C@H](C1)c1ccc(CN3CCCC3)c(=O)n1C2. The van der Waals surface area contributed by atoms with E-state index in [2.05, 4.69) is 16.1 Å². The molecular formula is C25H35N5O4. The molecule has 2 aromatic heterocycles. The lowest BCUT2D eigenvalue weighted by molar-refractivity contribution is -0.134. The Balaban J connectivity index is 0.000000636. The van der Waals surface area contributed by atoms with Gasteiger partial charge in [0, 0.05) is 63.0 Å². The first kappa shape index (κ1) is 24.2. The van der Waals surface area contributed by atoms with Crippen LogP contribution in [-0.4, -0.2) is 67.3 Å². The summed E-state index contributed by atoms with van der Waals surface area (Å²) in [7, 11) is 1.88. The van der Waals surface area contributed by atoms with E-state index in [4.69, 9.17) is 9.90 Å². The highest BCUT2D eigenvalue weighted by Gasteiger charge is 2.38. The maximum atomic E-state index is 13.3. The molecule has 2 aromatic rings. The first-order chi connectivity index (χ1) is 16.2. The summed E-state index contributed by atoms with van der Waals surface area (Å²) in [5.74, 6) is -0.196. The van der Waals surface area contributed by atoms with Gasteiger partial charge in [-0.15, -0.1) is 0 Å². The Morgan fingerprint density at radius 2 is 1.79 bits per heavy atom. The van der Waals surface area contributed by atoms with Gasteiger partial charge in [-0.3, -0.25) is 24.0 Å². The molecule has 5 rings (SSSR count). The minimum atomic E-state index is -0.833. The highest BCUT2D eigenvalue weighted by atomic mass is 16.4. The number of hydrogen-bond acceptors (Lipinski definition) is 5. The predicted octanol–water partition coefficient (Wildman–Crippen LogP) is 2.14. The number of aryl methyl sites for hydroxylation is 2. The first-order valence-corrected chi connectivity index (χ1v) is 12.1. The van der Waals surface area contributed by atoms with Crippen molar-refractivity contribution in [2.24, 2.45) is 13.0 Å². The maximum absolute atomic E-state index is 13.3. The molecule has 2 saturated heterocycles. The molecule has 184 valence electrons. The van der Waals surface area contributed by atoms with Gasteiger partial charge in [0.2, 0.25) is 0 Å². The van der Waals surface area contributed by atoms with Gasteiger partial charge in [-0.1, -0.05) is 6.07 Å². The topological polar surface area (TPSA) is 101 Å². The zero-order chi connectivity index (χ0) is 24.6. The third-order valence-corrected chi connectivity index (χ3v) is 7.29. The van der Waals surface area contributed by atoms with E-state index in [1.807, 2.05) is 36.4 Å². The number of pyridine rings is 1. The number of carbonyl (C=O) groups is 2. The molecule has 3 aliphatic heterocycles. The van der Waals surface area contributed by atoms with Crippen molar-refractivity contribution in [1.82, 2.24) is 24.1 Å². The molecule has 0 unspecified atom stereocenters. The average molecular weight is 470 g/mol. The van der Waals surface area contributed by atoms with Crippen molar-refractivity contribution >= 4 is 11.9 Å². The van der Waals surface area contributed by atoms with Gasteiger partial charge in [0.15, 0.2) is 0 Å². The molecule has 2 fully saturated rings. The van der Waals surface area contributed by atoms with Crippen molar-refractivity contribution in [2.45, 2.75) is 59.0 Å². The van der Waals surface area contributed by atoms with Crippen molar-refractivity contribution in [3.63, 3.8) is 0 Å². The molecule has 0 spiro atoms. The molecule has 9 heteroatoms. The van der Waals surface area contributed by atoms with Crippen LogP contribution in [-0.2, 0) is 24.9 Å². The molecule has 34 heavy (non-hydrogen) atoms. The van der Waals surface area contributed by atoms with Gasteiger partial charge >= 0.3 is 0 Å². The smallest absolute Gasteiger partial charge is 0.300 e. The Labute approximate surface area is 200 Å². The first-order valence-electron chi connectivity index (χ1n) is 12.1. The van der Waals surface area contributed by atoms with Crippen LogP contribution < -0.4 is 5.56 Å². The summed E-state index contributed by atoms with van der Waals surface area (Å²) >= 11 is 0. The minimum absolute atomic E-state index is 0.0780. The molecular weight excluding hydrogens is 434 g/mol. The highest BCUT2D eigenvalue weighted by molar-refractivity contribution is 5.96. The molecule has 1 N–H and O–H groups in total. The number of rotatable bonds is 3. The molecule has 0 aromatic carbocycles. The van der Waals surface area contributed by atoms with Crippen LogP contribution in [0.4, 0.5) is 0 Å². The monoisotopic (exact) mass is 469 g/mol. The Morgan fingerprint density at radius 3 is 2.41 bits per heavy atom. The number of fused-ring (bicyclic) bond motifs is 4. The fraction of sp³-hybridized carbons (Fsp3) is 0.600. The average Bonchev–Trinajstić information content (AvgIpc) is 3.37. The van der Waals surface area contributed by atoms with Gasteiger partial charge in [-0.2, -0.15) is 5.10 Å². The van der Waals surface area contributed by atoms with Gasteiger partial charge in [-0.05, 0) is 58.2 Å². The van der Waals surface area contributed by atoms with Gasteiger partial charge in [0.05, 0.1) is 11.3 Å². The fourth-order valence-corrected chi connectivity index (χ4v) is 5.70. The van der Waals surface area contributed by atoms with E-state index in [9.17, 15) is 9.59 Å². The minimum Gasteiger partial charge on any atom is -0.481 e. The van der Waals surface area contributed by atoms with Gasteiger partial charge in [0.25, 0.3) is 17.4 Å². The van der Waals surface area contributed by atoms with Crippen molar-refractivity contribution in [3.8, 4) is 0 Å². The van der Waals surface area contributed by atoms with Crippen LogP contribution >= 0.6 is 0 Å². The van der Waals surface area contributed by atoms with E-state index < -0.39 is 5.97 Å². The number of piperidine rings is 1. The lowest BCUT2D eigenvalue weighted by Crippen LogP contribution is -2.49. The van der Waals surface area contributed by atoms with Crippen molar-refractivity contribution < 1.29 is 14.7 Å². The van der Waals surface area contributed by atoms with Crippen LogP contribution in [0.15, 0.2) is 16.9 Å². The van der Waals surface area contributed by atoms with E-state index in [-0.39, 0.29) is 17.4 Å². The molecule has 2 atom stereocenters. The van der Waals surface area contributed by atoms with E-state index in [0.717, 1.165) is 61.2 Å². The zero-order valence-electron chi connectivity index (χ0n) is 20.6. The fourth-order valence-electron chi connectivity index (χ4n) is 5.70. The van der Waals surface area contributed by atoms with E-state index in [1.54, 1.807) is 4.68 Å². The van der Waals surface area contributed by atoms with Gasteiger partial charge in [-0.25, -0.2) is 0 Å². The van der Waals surface area contributed by atoms with Crippen LogP contribution in [0.5, 0.6) is 0 Å². The summed E-state index contributed by atoms with van der Waals surface area (Å²) in [4.78, 5) is 39.9. The van der Waals surface area contributed by atoms with Gasteiger partial charge in [0.1, 0.15) is 0 Å². The Hall–Kier alpha value is -2.94. The lowest BCUT2D eigenvalue weighted by atomic mass is 9.82. The molecule has 3 aliphatic rings. The zero-order valence-corrected chi connectivity index (χ0v) is 20.6. The van der Waals surface area contributed by atoms with Crippen LogP contribution in [0.2, 0.25) is 0 Å². The largest absolute Gasteiger partial charge is 0.481 e. The molecule has 0 saturated carbocycles. The number of aromatic nitrogens is 3. The lowest BCUT2D eigenvalue weighted by Gasteiger charge is -2.43.